The number of halogens is 1. The first-order valence-electron chi connectivity index (χ1n) is 7.16. The van der Waals surface area contributed by atoms with Gasteiger partial charge in [0.2, 0.25) is 0 Å². The molecule has 0 amide bonds. The minimum absolute atomic E-state index is 0.314. The van der Waals surface area contributed by atoms with Crippen LogP contribution in [0.5, 0.6) is 0 Å². The molecule has 0 saturated heterocycles. The van der Waals surface area contributed by atoms with Crippen LogP contribution >= 0.6 is 0 Å². The van der Waals surface area contributed by atoms with Crippen LogP contribution in [0.15, 0.2) is 60.7 Å². The summed E-state index contributed by atoms with van der Waals surface area (Å²) < 4.78 is 16.4. The number of para-hydroxylation sites is 2. The number of fused-ring (bicyclic) bond motifs is 3. The third kappa shape index (κ3) is 1.87. The van der Waals surface area contributed by atoms with Gasteiger partial charge in [-0.05, 0) is 24.3 Å². The van der Waals surface area contributed by atoms with E-state index in [1.54, 1.807) is 28.8 Å². The van der Waals surface area contributed by atoms with Crippen LogP contribution in [-0.2, 0) is 0 Å². The Labute approximate surface area is 132 Å². The Morgan fingerprint density at radius 2 is 1.74 bits per heavy atom. The molecule has 0 aliphatic carbocycles. The first kappa shape index (κ1) is 13.4. The van der Waals surface area contributed by atoms with Gasteiger partial charge in [-0.1, -0.05) is 36.4 Å². The van der Waals surface area contributed by atoms with Gasteiger partial charge in [0, 0.05) is 10.8 Å². The van der Waals surface area contributed by atoms with E-state index in [0.29, 0.717) is 22.6 Å². The van der Waals surface area contributed by atoms with Gasteiger partial charge in [0.05, 0.1) is 29.0 Å². The molecule has 3 nitrogen and oxygen atoms in total. The maximum Gasteiger partial charge on any atom is 0.189 e. The second-order valence-corrected chi connectivity index (χ2v) is 5.34. The third-order valence-electron chi connectivity index (χ3n) is 4.03. The first-order chi connectivity index (χ1) is 11.2. The predicted molar refractivity (Wildman–Crippen MR) is 91.4 cm³/mol. The van der Waals surface area contributed by atoms with Crippen LogP contribution in [0.4, 0.5) is 15.8 Å². The third-order valence-corrected chi connectivity index (χ3v) is 4.03. The zero-order valence-electron chi connectivity index (χ0n) is 12.1. The molecule has 0 fully saturated rings. The molecular formula is C19H12FN3. The number of aromatic nitrogens is 1. The van der Waals surface area contributed by atoms with E-state index in [9.17, 15) is 4.39 Å². The van der Waals surface area contributed by atoms with Crippen LogP contribution in [0.1, 0.15) is 0 Å². The van der Waals surface area contributed by atoms with Crippen molar-refractivity contribution in [3.8, 4) is 5.69 Å². The van der Waals surface area contributed by atoms with Crippen LogP contribution in [0.2, 0.25) is 0 Å². The molecule has 0 atom stereocenters. The van der Waals surface area contributed by atoms with E-state index in [1.165, 1.54) is 6.07 Å². The fourth-order valence-corrected chi connectivity index (χ4v) is 3.02. The van der Waals surface area contributed by atoms with Crippen molar-refractivity contribution >= 4 is 33.2 Å². The Kier molecular flexibility index (Phi) is 2.82. The molecule has 3 aromatic carbocycles. The molecule has 1 aromatic heterocycles. The Morgan fingerprint density at radius 1 is 0.957 bits per heavy atom. The van der Waals surface area contributed by atoms with Gasteiger partial charge in [-0.3, -0.25) is 0 Å². The van der Waals surface area contributed by atoms with Gasteiger partial charge in [-0.15, -0.1) is 0 Å². The van der Waals surface area contributed by atoms with Crippen molar-refractivity contribution in [2.75, 3.05) is 5.73 Å². The lowest BCUT2D eigenvalue weighted by Gasteiger charge is -2.11. The fraction of sp³-hybridized carbons (Fsp3) is 0. The molecule has 0 bridgehead atoms. The van der Waals surface area contributed by atoms with Crippen molar-refractivity contribution in [1.82, 2.24) is 4.57 Å². The normalized spacial score (nSPS) is 11.0. The standard InChI is InChI=1S/C19H12FN3/c1-22-12-9-10-16(21)18(11-12)23-17-8-3-2-5-13(17)14-6-4-7-15(20)19(14)23/h2-11H,21H2. The van der Waals surface area contributed by atoms with E-state index < -0.39 is 0 Å². The molecule has 0 saturated carbocycles. The lowest BCUT2D eigenvalue weighted by atomic mass is 10.1. The van der Waals surface area contributed by atoms with Gasteiger partial charge in [0.25, 0.3) is 0 Å². The number of anilines is 1. The number of nitrogens with zero attached hydrogens (tertiary/aromatic N) is 2. The average molecular weight is 301 g/mol. The summed E-state index contributed by atoms with van der Waals surface area (Å²) in [6.45, 7) is 7.21. The maximum absolute atomic E-state index is 14.6. The average Bonchev–Trinajstić information content (AvgIpc) is 2.91. The highest BCUT2D eigenvalue weighted by Gasteiger charge is 2.16. The Morgan fingerprint density at radius 3 is 2.57 bits per heavy atom. The van der Waals surface area contributed by atoms with Gasteiger partial charge in [0.15, 0.2) is 5.69 Å². The van der Waals surface area contributed by atoms with Crippen LogP contribution in [-0.4, -0.2) is 4.57 Å². The summed E-state index contributed by atoms with van der Waals surface area (Å²) in [7, 11) is 0. The van der Waals surface area contributed by atoms with Crippen LogP contribution in [0.3, 0.4) is 0 Å². The Balaban J connectivity index is 2.24. The molecule has 23 heavy (non-hydrogen) atoms. The molecule has 1 heterocycles. The molecule has 0 aliphatic rings. The van der Waals surface area contributed by atoms with Gasteiger partial charge in [0.1, 0.15) is 5.82 Å². The zero-order chi connectivity index (χ0) is 16.0. The number of hydrogen-bond acceptors (Lipinski definition) is 1. The second kappa shape index (κ2) is 4.85. The smallest absolute Gasteiger partial charge is 0.189 e. The summed E-state index contributed by atoms with van der Waals surface area (Å²) in [5.41, 5.74) is 9.05. The van der Waals surface area contributed by atoms with Crippen molar-refractivity contribution in [2.24, 2.45) is 0 Å². The summed E-state index contributed by atoms with van der Waals surface area (Å²) in [5.74, 6) is -0.314. The van der Waals surface area contributed by atoms with E-state index in [4.69, 9.17) is 12.3 Å². The number of rotatable bonds is 1. The Bertz CT molecular complexity index is 1100. The largest absolute Gasteiger partial charge is 0.397 e. The number of benzene rings is 3. The number of nitrogens with two attached hydrogens (primary N) is 1. The maximum atomic E-state index is 14.6. The SMILES string of the molecule is [C-]#[N+]c1ccc(N)c(-n2c3ccccc3c3cccc(F)c32)c1. The molecule has 4 rings (SSSR count). The first-order valence-corrected chi connectivity index (χ1v) is 7.16. The van der Waals surface area contributed by atoms with Crippen molar-refractivity contribution in [1.29, 1.82) is 0 Å². The number of nitrogen functional groups attached to an aromatic ring is 1. The number of hydrogen-bond donors (Lipinski definition) is 1. The van der Waals surface area contributed by atoms with Crippen LogP contribution in [0.25, 0.3) is 32.3 Å². The van der Waals surface area contributed by atoms with E-state index in [2.05, 4.69) is 4.85 Å². The second-order valence-electron chi connectivity index (χ2n) is 5.34. The molecule has 110 valence electrons. The topological polar surface area (TPSA) is 35.3 Å². The summed E-state index contributed by atoms with van der Waals surface area (Å²) in [4.78, 5) is 3.45. The van der Waals surface area contributed by atoms with E-state index in [1.807, 2.05) is 30.3 Å². The highest BCUT2D eigenvalue weighted by atomic mass is 19.1. The van der Waals surface area contributed by atoms with E-state index in [0.717, 1.165) is 16.3 Å². The molecule has 0 aliphatic heterocycles. The van der Waals surface area contributed by atoms with Crippen LogP contribution < -0.4 is 5.73 Å². The van der Waals surface area contributed by atoms with Crippen molar-refractivity contribution in [3.63, 3.8) is 0 Å². The molecule has 4 aromatic rings. The summed E-state index contributed by atoms with van der Waals surface area (Å²) in [6.07, 6.45) is 0. The van der Waals surface area contributed by atoms with Crippen molar-refractivity contribution < 1.29 is 4.39 Å². The summed E-state index contributed by atoms with van der Waals surface area (Å²) in [5, 5.41) is 1.78. The molecule has 4 heteroatoms. The fourth-order valence-electron chi connectivity index (χ4n) is 3.02. The zero-order valence-corrected chi connectivity index (χ0v) is 12.1. The summed E-state index contributed by atoms with van der Waals surface area (Å²) >= 11 is 0. The molecule has 0 radical (unpaired) electrons. The summed E-state index contributed by atoms with van der Waals surface area (Å²) in [6, 6.07) is 17.8. The lowest BCUT2D eigenvalue weighted by molar-refractivity contribution is 0.635. The molecule has 0 unspecified atom stereocenters. The Hall–Kier alpha value is -3.32. The van der Waals surface area contributed by atoms with E-state index in [-0.39, 0.29) is 5.82 Å². The minimum Gasteiger partial charge on any atom is -0.397 e. The lowest BCUT2D eigenvalue weighted by Crippen LogP contribution is -2.00. The predicted octanol–water partition coefficient (Wildman–Crippen LogP) is 5.06. The highest BCUT2D eigenvalue weighted by Crippen LogP contribution is 2.36. The van der Waals surface area contributed by atoms with Crippen LogP contribution in [0, 0.1) is 12.4 Å². The van der Waals surface area contributed by atoms with Gasteiger partial charge >= 0.3 is 0 Å². The van der Waals surface area contributed by atoms with Gasteiger partial charge in [-0.2, -0.15) is 0 Å². The minimum atomic E-state index is -0.314. The van der Waals surface area contributed by atoms with Crippen molar-refractivity contribution in [2.45, 2.75) is 0 Å². The monoisotopic (exact) mass is 301 g/mol. The van der Waals surface area contributed by atoms with Gasteiger partial charge < -0.3 is 10.3 Å². The quantitative estimate of drug-likeness (QED) is 0.387. The van der Waals surface area contributed by atoms with E-state index >= 15 is 0 Å². The molecule has 0 spiro atoms. The van der Waals surface area contributed by atoms with Gasteiger partial charge in [-0.25, -0.2) is 9.24 Å². The molecule has 2 N–H and O–H groups in total. The highest BCUT2D eigenvalue weighted by molar-refractivity contribution is 6.09. The van der Waals surface area contributed by atoms with Crippen molar-refractivity contribution in [3.05, 3.63) is 77.9 Å². The molecular weight excluding hydrogens is 289 g/mol.